The van der Waals surface area contributed by atoms with Gasteiger partial charge in [-0.3, -0.25) is 4.79 Å². The van der Waals surface area contributed by atoms with Crippen LogP contribution >= 0.6 is 0 Å². The SMILES string of the molecule is Cc1cc(C(=O)N2CCCC2C2CCCN2)no1. The highest BCUT2D eigenvalue weighted by Crippen LogP contribution is 2.26. The zero-order chi connectivity index (χ0) is 12.5. The van der Waals surface area contributed by atoms with Crippen LogP contribution in [0.5, 0.6) is 0 Å². The zero-order valence-electron chi connectivity index (χ0n) is 10.7. The van der Waals surface area contributed by atoms with Crippen LogP contribution in [0.25, 0.3) is 0 Å². The fourth-order valence-corrected chi connectivity index (χ4v) is 3.12. The van der Waals surface area contributed by atoms with Crippen LogP contribution in [-0.4, -0.2) is 41.1 Å². The molecule has 2 atom stereocenters. The molecule has 1 aromatic heterocycles. The second kappa shape index (κ2) is 4.72. The Morgan fingerprint density at radius 2 is 2.39 bits per heavy atom. The topological polar surface area (TPSA) is 58.4 Å². The number of aromatic nitrogens is 1. The van der Waals surface area contributed by atoms with Crippen molar-refractivity contribution in [3.63, 3.8) is 0 Å². The molecule has 1 N–H and O–H groups in total. The minimum atomic E-state index is 0.0167. The molecule has 0 spiro atoms. The molecule has 2 aliphatic heterocycles. The van der Waals surface area contributed by atoms with Crippen LogP contribution in [0.15, 0.2) is 10.6 Å². The standard InChI is InChI=1S/C13H19N3O2/c1-9-8-11(15-18-9)13(17)16-7-3-5-12(16)10-4-2-6-14-10/h8,10,12,14H,2-7H2,1H3. The minimum Gasteiger partial charge on any atom is -0.361 e. The van der Waals surface area contributed by atoms with Crippen molar-refractivity contribution in [3.05, 3.63) is 17.5 Å². The first-order valence-electron chi connectivity index (χ1n) is 6.73. The van der Waals surface area contributed by atoms with E-state index in [4.69, 9.17) is 4.52 Å². The molecule has 0 saturated carbocycles. The summed E-state index contributed by atoms with van der Waals surface area (Å²) in [6.45, 7) is 3.73. The van der Waals surface area contributed by atoms with Crippen molar-refractivity contribution in [1.29, 1.82) is 0 Å². The van der Waals surface area contributed by atoms with E-state index in [1.54, 1.807) is 6.07 Å². The summed E-state index contributed by atoms with van der Waals surface area (Å²) in [7, 11) is 0. The summed E-state index contributed by atoms with van der Waals surface area (Å²) < 4.78 is 4.99. The number of amides is 1. The number of hydrogen-bond donors (Lipinski definition) is 1. The Labute approximate surface area is 107 Å². The molecule has 2 unspecified atom stereocenters. The van der Waals surface area contributed by atoms with Gasteiger partial charge in [0, 0.05) is 24.7 Å². The summed E-state index contributed by atoms with van der Waals surface area (Å²) in [6.07, 6.45) is 4.57. The highest BCUT2D eigenvalue weighted by atomic mass is 16.5. The normalized spacial score (nSPS) is 27.9. The molecular weight excluding hydrogens is 230 g/mol. The smallest absolute Gasteiger partial charge is 0.276 e. The molecule has 5 nitrogen and oxygen atoms in total. The molecule has 5 heteroatoms. The van der Waals surface area contributed by atoms with Gasteiger partial charge in [0.1, 0.15) is 5.76 Å². The van der Waals surface area contributed by atoms with E-state index >= 15 is 0 Å². The summed E-state index contributed by atoms with van der Waals surface area (Å²) in [5.41, 5.74) is 0.442. The van der Waals surface area contributed by atoms with Crippen molar-refractivity contribution >= 4 is 5.91 Å². The van der Waals surface area contributed by atoms with Crippen molar-refractivity contribution in [3.8, 4) is 0 Å². The highest BCUT2D eigenvalue weighted by molar-refractivity contribution is 5.92. The molecule has 2 aliphatic rings. The van der Waals surface area contributed by atoms with E-state index in [2.05, 4.69) is 10.5 Å². The number of aryl methyl sites for hydroxylation is 1. The van der Waals surface area contributed by atoms with E-state index < -0.39 is 0 Å². The van der Waals surface area contributed by atoms with Crippen molar-refractivity contribution < 1.29 is 9.32 Å². The summed E-state index contributed by atoms with van der Waals surface area (Å²) in [6, 6.07) is 2.52. The van der Waals surface area contributed by atoms with Crippen molar-refractivity contribution in [2.24, 2.45) is 0 Å². The van der Waals surface area contributed by atoms with E-state index in [0.717, 1.165) is 25.9 Å². The van der Waals surface area contributed by atoms with E-state index in [1.165, 1.54) is 12.8 Å². The largest absolute Gasteiger partial charge is 0.361 e. The molecule has 3 heterocycles. The Hall–Kier alpha value is -1.36. The molecule has 0 aliphatic carbocycles. The monoisotopic (exact) mass is 249 g/mol. The van der Waals surface area contributed by atoms with E-state index in [9.17, 15) is 4.79 Å². The maximum atomic E-state index is 12.4. The van der Waals surface area contributed by atoms with Crippen LogP contribution in [0.2, 0.25) is 0 Å². The van der Waals surface area contributed by atoms with Gasteiger partial charge in [0.05, 0.1) is 0 Å². The minimum absolute atomic E-state index is 0.0167. The van der Waals surface area contributed by atoms with E-state index in [-0.39, 0.29) is 5.91 Å². The molecule has 0 radical (unpaired) electrons. The van der Waals surface area contributed by atoms with E-state index in [0.29, 0.717) is 23.5 Å². The Bertz CT molecular complexity index is 437. The molecule has 2 fully saturated rings. The lowest BCUT2D eigenvalue weighted by Gasteiger charge is -2.28. The zero-order valence-corrected chi connectivity index (χ0v) is 10.7. The molecule has 0 bridgehead atoms. The van der Waals surface area contributed by atoms with Crippen LogP contribution in [0.1, 0.15) is 41.9 Å². The van der Waals surface area contributed by atoms with Crippen LogP contribution < -0.4 is 5.32 Å². The van der Waals surface area contributed by atoms with Gasteiger partial charge in [0.25, 0.3) is 5.91 Å². The quantitative estimate of drug-likeness (QED) is 0.859. The number of nitrogens with zero attached hydrogens (tertiary/aromatic N) is 2. The molecular formula is C13H19N3O2. The van der Waals surface area contributed by atoms with Gasteiger partial charge in [-0.25, -0.2) is 0 Å². The first kappa shape index (κ1) is 11.7. The van der Waals surface area contributed by atoms with Crippen molar-refractivity contribution in [2.75, 3.05) is 13.1 Å². The number of carbonyl (C=O) groups excluding carboxylic acids is 1. The maximum absolute atomic E-state index is 12.4. The van der Waals surface area contributed by atoms with Crippen LogP contribution in [0.4, 0.5) is 0 Å². The van der Waals surface area contributed by atoms with Gasteiger partial charge in [-0.05, 0) is 39.2 Å². The third kappa shape index (κ3) is 2.03. The molecule has 98 valence electrons. The van der Waals surface area contributed by atoms with Gasteiger partial charge >= 0.3 is 0 Å². The van der Waals surface area contributed by atoms with Crippen molar-refractivity contribution in [1.82, 2.24) is 15.4 Å². The Morgan fingerprint density at radius 3 is 3.06 bits per heavy atom. The number of hydrogen-bond acceptors (Lipinski definition) is 4. The maximum Gasteiger partial charge on any atom is 0.276 e. The average Bonchev–Trinajstić information content (AvgIpc) is 3.08. The number of rotatable bonds is 2. The lowest BCUT2D eigenvalue weighted by molar-refractivity contribution is 0.0701. The van der Waals surface area contributed by atoms with E-state index in [1.807, 2.05) is 11.8 Å². The summed E-state index contributed by atoms with van der Waals surface area (Å²) in [4.78, 5) is 14.4. The third-order valence-electron chi connectivity index (χ3n) is 3.97. The number of nitrogens with one attached hydrogen (secondary N) is 1. The predicted octanol–water partition coefficient (Wildman–Crippen LogP) is 1.34. The van der Waals surface area contributed by atoms with Gasteiger partial charge in [0.2, 0.25) is 0 Å². The van der Waals surface area contributed by atoms with Gasteiger partial charge in [-0.2, -0.15) is 0 Å². The second-order valence-electron chi connectivity index (χ2n) is 5.23. The number of carbonyl (C=O) groups is 1. The van der Waals surface area contributed by atoms with Crippen LogP contribution in [0.3, 0.4) is 0 Å². The van der Waals surface area contributed by atoms with Crippen molar-refractivity contribution in [2.45, 2.75) is 44.7 Å². The van der Waals surface area contributed by atoms with Crippen LogP contribution in [0, 0.1) is 6.92 Å². The number of likely N-dealkylation sites (tertiary alicyclic amines) is 1. The third-order valence-corrected chi connectivity index (χ3v) is 3.97. The molecule has 3 rings (SSSR count). The lowest BCUT2D eigenvalue weighted by Crippen LogP contribution is -2.46. The van der Waals surface area contributed by atoms with Gasteiger partial charge in [0.15, 0.2) is 5.69 Å². The molecule has 1 amide bonds. The highest BCUT2D eigenvalue weighted by Gasteiger charge is 2.36. The molecule has 0 aromatic carbocycles. The first-order valence-corrected chi connectivity index (χ1v) is 6.73. The van der Waals surface area contributed by atoms with Gasteiger partial charge < -0.3 is 14.7 Å². The average molecular weight is 249 g/mol. The second-order valence-corrected chi connectivity index (χ2v) is 5.23. The Morgan fingerprint density at radius 1 is 1.50 bits per heavy atom. The predicted molar refractivity (Wildman–Crippen MR) is 66.3 cm³/mol. The summed E-state index contributed by atoms with van der Waals surface area (Å²) in [5, 5.41) is 7.34. The fourth-order valence-electron chi connectivity index (χ4n) is 3.12. The lowest BCUT2D eigenvalue weighted by atomic mass is 10.0. The summed E-state index contributed by atoms with van der Waals surface area (Å²) >= 11 is 0. The Balaban J connectivity index is 1.75. The molecule has 1 aromatic rings. The first-order chi connectivity index (χ1) is 8.75. The van der Waals surface area contributed by atoms with Gasteiger partial charge in [-0.1, -0.05) is 5.16 Å². The fraction of sp³-hybridized carbons (Fsp3) is 0.692. The summed E-state index contributed by atoms with van der Waals surface area (Å²) in [5.74, 6) is 0.705. The molecule has 2 saturated heterocycles. The molecule has 18 heavy (non-hydrogen) atoms. The van der Waals surface area contributed by atoms with Crippen LogP contribution in [-0.2, 0) is 0 Å². The Kier molecular flexibility index (Phi) is 3.07. The van der Waals surface area contributed by atoms with Gasteiger partial charge in [-0.15, -0.1) is 0 Å².